The summed E-state index contributed by atoms with van der Waals surface area (Å²) < 4.78 is 7.36. The molecule has 1 heterocycles. The van der Waals surface area contributed by atoms with Gasteiger partial charge in [0.2, 0.25) is 0 Å². The highest BCUT2D eigenvalue weighted by Crippen LogP contribution is 2.31. The number of ether oxygens (including phenoxy) is 1. The standard InChI is InChI=1S/C19H22N2O2/c1-4-21-17-9-7-6-8-15(17)16-12-14(10-11-18(16)21)20-13(3)19(22)23-5-2/h6-13,20H,4-5H2,1-3H3. The summed E-state index contributed by atoms with van der Waals surface area (Å²) >= 11 is 0. The number of aryl methyl sites for hydroxylation is 1. The molecule has 0 bridgehead atoms. The number of nitrogens with zero attached hydrogens (tertiary/aromatic N) is 1. The van der Waals surface area contributed by atoms with Gasteiger partial charge < -0.3 is 14.6 Å². The third-order valence-corrected chi connectivity index (χ3v) is 4.11. The van der Waals surface area contributed by atoms with Crippen LogP contribution in [0.4, 0.5) is 5.69 Å². The lowest BCUT2D eigenvalue weighted by atomic mass is 10.1. The number of hydrogen-bond acceptors (Lipinski definition) is 3. The average Bonchev–Trinajstić information content (AvgIpc) is 2.88. The Morgan fingerprint density at radius 1 is 1.13 bits per heavy atom. The van der Waals surface area contributed by atoms with E-state index in [-0.39, 0.29) is 12.0 Å². The Bertz CT molecular complexity index is 851. The molecule has 2 aromatic carbocycles. The molecule has 0 aliphatic heterocycles. The van der Waals surface area contributed by atoms with Crippen molar-refractivity contribution >= 4 is 33.5 Å². The van der Waals surface area contributed by atoms with Gasteiger partial charge in [-0.1, -0.05) is 18.2 Å². The van der Waals surface area contributed by atoms with Gasteiger partial charge in [0.05, 0.1) is 6.61 Å². The summed E-state index contributed by atoms with van der Waals surface area (Å²) in [6, 6.07) is 14.3. The summed E-state index contributed by atoms with van der Waals surface area (Å²) in [6.07, 6.45) is 0. The maximum atomic E-state index is 11.8. The average molecular weight is 310 g/mol. The molecular weight excluding hydrogens is 288 g/mol. The third-order valence-electron chi connectivity index (χ3n) is 4.11. The summed E-state index contributed by atoms with van der Waals surface area (Å²) in [4.78, 5) is 11.8. The number of nitrogens with one attached hydrogen (secondary N) is 1. The van der Waals surface area contributed by atoms with Crippen molar-refractivity contribution in [1.82, 2.24) is 4.57 Å². The highest BCUT2D eigenvalue weighted by Gasteiger charge is 2.15. The first-order chi connectivity index (χ1) is 11.2. The van der Waals surface area contributed by atoms with Gasteiger partial charge >= 0.3 is 5.97 Å². The Kier molecular flexibility index (Phi) is 4.24. The van der Waals surface area contributed by atoms with Crippen LogP contribution in [0.5, 0.6) is 0 Å². The molecule has 0 amide bonds. The van der Waals surface area contributed by atoms with Crippen molar-refractivity contribution in [3.05, 3.63) is 42.5 Å². The van der Waals surface area contributed by atoms with E-state index in [1.165, 1.54) is 21.8 Å². The molecule has 0 saturated heterocycles. The SMILES string of the molecule is CCOC(=O)C(C)Nc1ccc2c(c1)c1ccccc1n2CC. The van der Waals surface area contributed by atoms with Gasteiger partial charge in [-0.3, -0.25) is 0 Å². The van der Waals surface area contributed by atoms with E-state index in [0.717, 1.165) is 12.2 Å². The van der Waals surface area contributed by atoms with Gasteiger partial charge in [-0.15, -0.1) is 0 Å². The van der Waals surface area contributed by atoms with Gasteiger partial charge in [0, 0.05) is 34.0 Å². The number of esters is 1. The van der Waals surface area contributed by atoms with Gasteiger partial charge in [0.25, 0.3) is 0 Å². The Labute approximate surface area is 136 Å². The fourth-order valence-corrected chi connectivity index (χ4v) is 3.06. The number of aromatic nitrogens is 1. The van der Waals surface area contributed by atoms with E-state index in [1.807, 2.05) is 19.9 Å². The number of carbonyl (C=O) groups excluding carboxylic acids is 1. The Hall–Kier alpha value is -2.49. The number of para-hydroxylation sites is 1. The fourth-order valence-electron chi connectivity index (χ4n) is 3.06. The summed E-state index contributed by atoms with van der Waals surface area (Å²) in [7, 11) is 0. The van der Waals surface area contributed by atoms with E-state index in [1.54, 1.807) is 0 Å². The van der Waals surface area contributed by atoms with Crippen LogP contribution in [0.1, 0.15) is 20.8 Å². The van der Waals surface area contributed by atoms with Crippen LogP contribution in [0, 0.1) is 0 Å². The number of fused-ring (bicyclic) bond motifs is 3. The molecule has 1 unspecified atom stereocenters. The van der Waals surface area contributed by atoms with E-state index in [2.05, 4.69) is 53.2 Å². The maximum absolute atomic E-state index is 11.8. The molecule has 0 aliphatic rings. The highest BCUT2D eigenvalue weighted by molar-refractivity contribution is 6.09. The Morgan fingerprint density at radius 3 is 2.61 bits per heavy atom. The maximum Gasteiger partial charge on any atom is 0.328 e. The number of hydrogen-bond donors (Lipinski definition) is 1. The summed E-state index contributed by atoms with van der Waals surface area (Å²) in [5, 5.41) is 5.66. The summed E-state index contributed by atoms with van der Waals surface area (Å²) in [6.45, 7) is 7.11. The summed E-state index contributed by atoms with van der Waals surface area (Å²) in [5.41, 5.74) is 3.38. The summed E-state index contributed by atoms with van der Waals surface area (Å²) in [5.74, 6) is -0.233. The second-order valence-electron chi connectivity index (χ2n) is 5.61. The molecule has 0 radical (unpaired) electrons. The first kappa shape index (κ1) is 15.4. The van der Waals surface area contributed by atoms with Crippen molar-refractivity contribution in [3.8, 4) is 0 Å². The van der Waals surface area contributed by atoms with E-state index in [9.17, 15) is 4.79 Å². The molecular formula is C19H22N2O2. The molecule has 3 rings (SSSR count). The van der Waals surface area contributed by atoms with Crippen LogP contribution in [0.25, 0.3) is 21.8 Å². The van der Waals surface area contributed by atoms with Crippen LogP contribution in [0.15, 0.2) is 42.5 Å². The molecule has 23 heavy (non-hydrogen) atoms. The zero-order valence-electron chi connectivity index (χ0n) is 13.8. The van der Waals surface area contributed by atoms with Crippen molar-refractivity contribution < 1.29 is 9.53 Å². The van der Waals surface area contributed by atoms with Crippen LogP contribution in [0.3, 0.4) is 0 Å². The first-order valence-electron chi connectivity index (χ1n) is 8.09. The van der Waals surface area contributed by atoms with Gasteiger partial charge in [-0.05, 0) is 45.0 Å². The molecule has 4 nitrogen and oxygen atoms in total. The van der Waals surface area contributed by atoms with Crippen molar-refractivity contribution in [1.29, 1.82) is 0 Å². The van der Waals surface area contributed by atoms with E-state index in [4.69, 9.17) is 4.74 Å². The minimum absolute atomic E-state index is 0.233. The number of benzene rings is 2. The molecule has 4 heteroatoms. The van der Waals surface area contributed by atoms with Gasteiger partial charge in [0.15, 0.2) is 0 Å². The molecule has 1 aromatic heterocycles. The zero-order chi connectivity index (χ0) is 16.4. The Balaban J connectivity index is 2.02. The molecule has 0 aliphatic carbocycles. The van der Waals surface area contributed by atoms with Crippen LogP contribution in [-0.2, 0) is 16.1 Å². The highest BCUT2D eigenvalue weighted by atomic mass is 16.5. The number of carbonyl (C=O) groups is 1. The van der Waals surface area contributed by atoms with Gasteiger partial charge in [-0.25, -0.2) is 4.79 Å². The van der Waals surface area contributed by atoms with E-state index < -0.39 is 0 Å². The predicted molar refractivity (Wildman–Crippen MR) is 94.8 cm³/mol. The van der Waals surface area contributed by atoms with Crippen molar-refractivity contribution in [2.45, 2.75) is 33.4 Å². The van der Waals surface area contributed by atoms with Crippen molar-refractivity contribution in [2.75, 3.05) is 11.9 Å². The van der Waals surface area contributed by atoms with Crippen LogP contribution in [0.2, 0.25) is 0 Å². The second-order valence-corrected chi connectivity index (χ2v) is 5.61. The number of anilines is 1. The normalized spacial score (nSPS) is 12.5. The minimum Gasteiger partial charge on any atom is -0.464 e. The smallest absolute Gasteiger partial charge is 0.328 e. The predicted octanol–water partition coefficient (Wildman–Crippen LogP) is 4.18. The quantitative estimate of drug-likeness (QED) is 0.719. The second kappa shape index (κ2) is 6.32. The molecule has 120 valence electrons. The van der Waals surface area contributed by atoms with Crippen molar-refractivity contribution in [3.63, 3.8) is 0 Å². The minimum atomic E-state index is -0.369. The van der Waals surface area contributed by atoms with E-state index in [0.29, 0.717) is 6.61 Å². The molecule has 1 N–H and O–H groups in total. The fraction of sp³-hybridized carbons (Fsp3) is 0.316. The van der Waals surface area contributed by atoms with Crippen LogP contribution >= 0.6 is 0 Å². The molecule has 0 spiro atoms. The topological polar surface area (TPSA) is 43.3 Å². The third kappa shape index (κ3) is 2.77. The zero-order valence-corrected chi connectivity index (χ0v) is 13.8. The molecule has 3 aromatic rings. The number of rotatable bonds is 5. The van der Waals surface area contributed by atoms with Gasteiger partial charge in [0.1, 0.15) is 6.04 Å². The van der Waals surface area contributed by atoms with Crippen LogP contribution < -0.4 is 5.32 Å². The first-order valence-corrected chi connectivity index (χ1v) is 8.09. The monoisotopic (exact) mass is 310 g/mol. The lowest BCUT2D eigenvalue weighted by Gasteiger charge is -2.14. The lowest BCUT2D eigenvalue weighted by Crippen LogP contribution is -2.28. The van der Waals surface area contributed by atoms with Crippen molar-refractivity contribution in [2.24, 2.45) is 0 Å². The van der Waals surface area contributed by atoms with E-state index >= 15 is 0 Å². The lowest BCUT2D eigenvalue weighted by molar-refractivity contribution is -0.143. The largest absolute Gasteiger partial charge is 0.464 e. The molecule has 1 atom stereocenters. The van der Waals surface area contributed by atoms with Gasteiger partial charge in [-0.2, -0.15) is 0 Å². The molecule has 0 fully saturated rings. The van der Waals surface area contributed by atoms with Crippen LogP contribution in [-0.4, -0.2) is 23.2 Å². The molecule has 0 saturated carbocycles. The Morgan fingerprint density at radius 2 is 1.87 bits per heavy atom.